The lowest BCUT2D eigenvalue weighted by atomic mass is 9.75. The van der Waals surface area contributed by atoms with Crippen molar-refractivity contribution >= 4 is 18.5 Å². The van der Waals surface area contributed by atoms with Gasteiger partial charge in [-0.3, -0.25) is 4.79 Å². The van der Waals surface area contributed by atoms with E-state index in [2.05, 4.69) is 0 Å². The number of aryl methyl sites for hydroxylation is 1. The third kappa shape index (κ3) is 2.85. The number of carbonyl (C=O) groups excluding carboxylic acids is 1. The van der Waals surface area contributed by atoms with Crippen molar-refractivity contribution in [3.05, 3.63) is 29.3 Å². The molecule has 1 amide bonds. The summed E-state index contributed by atoms with van der Waals surface area (Å²) >= 11 is 0. The molecule has 4 nitrogen and oxygen atoms in total. The maximum Gasteiger partial charge on any atom is 0.495 e. The molecule has 1 aliphatic rings. The zero-order chi connectivity index (χ0) is 16.0. The second-order valence-corrected chi connectivity index (χ2v) is 6.86. The van der Waals surface area contributed by atoms with E-state index < -0.39 is 7.12 Å². The summed E-state index contributed by atoms with van der Waals surface area (Å²) in [6.45, 7) is 10.1. The smallest absolute Gasteiger partial charge is 0.399 e. The highest BCUT2D eigenvalue weighted by atomic mass is 16.7. The Morgan fingerprint density at radius 1 is 1.10 bits per heavy atom. The van der Waals surface area contributed by atoms with Gasteiger partial charge in [-0.1, -0.05) is 11.6 Å². The molecule has 114 valence electrons. The maximum atomic E-state index is 12.1. The van der Waals surface area contributed by atoms with Crippen LogP contribution in [-0.4, -0.2) is 43.2 Å². The first-order valence-electron chi connectivity index (χ1n) is 7.23. The minimum Gasteiger partial charge on any atom is -0.399 e. The second-order valence-electron chi connectivity index (χ2n) is 6.86. The van der Waals surface area contributed by atoms with Crippen LogP contribution in [-0.2, 0) is 9.31 Å². The fourth-order valence-electron chi connectivity index (χ4n) is 2.26. The molecular weight excluding hydrogens is 265 g/mol. The summed E-state index contributed by atoms with van der Waals surface area (Å²) in [6.07, 6.45) is 0. The van der Waals surface area contributed by atoms with E-state index >= 15 is 0 Å². The van der Waals surface area contributed by atoms with Gasteiger partial charge in [-0.25, -0.2) is 0 Å². The second kappa shape index (κ2) is 5.14. The normalized spacial score (nSPS) is 19.7. The predicted octanol–water partition coefficient (Wildman–Crippen LogP) is 2.00. The van der Waals surface area contributed by atoms with E-state index in [4.69, 9.17) is 9.31 Å². The summed E-state index contributed by atoms with van der Waals surface area (Å²) in [7, 11) is 3.05. The molecule has 1 aromatic carbocycles. The molecule has 1 heterocycles. The maximum absolute atomic E-state index is 12.1. The van der Waals surface area contributed by atoms with Crippen molar-refractivity contribution in [3.63, 3.8) is 0 Å². The van der Waals surface area contributed by atoms with E-state index in [1.54, 1.807) is 19.0 Å². The molecule has 21 heavy (non-hydrogen) atoms. The number of rotatable bonds is 2. The summed E-state index contributed by atoms with van der Waals surface area (Å²) in [4.78, 5) is 13.7. The van der Waals surface area contributed by atoms with Crippen molar-refractivity contribution in [1.29, 1.82) is 0 Å². The summed E-state index contributed by atoms with van der Waals surface area (Å²) in [5, 5.41) is 0. The first-order valence-corrected chi connectivity index (χ1v) is 7.23. The Hall–Kier alpha value is -1.33. The number of hydrogen-bond donors (Lipinski definition) is 0. The molecule has 0 radical (unpaired) electrons. The Kier molecular flexibility index (Phi) is 3.93. The van der Waals surface area contributed by atoms with Gasteiger partial charge in [0.1, 0.15) is 0 Å². The number of nitrogens with zero attached hydrogens (tertiary/aromatic N) is 1. The Labute approximate surface area is 127 Å². The van der Waals surface area contributed by atoms with Crippen LogP contribution in [0.1, 0.15) is 43.6 Å². The van der Waals surface area contributed by atoms with Crippen LogP contribution in [0.3, 0.4) is 0 Å². The third-order valence-corrected chi connectivity index (χ3v) is 4.44. The van der Waals surface area contributed by atoms with Crippen molar-refractivity contribution in [1.82, 2.24) is 4.90 Å². The fraction of sp³-hybridized carbons (Fsp3) is 0.562. The van der Waals surface area contributed by atoms with Crippen LogP contribution in [0.5, 0.6) is 0 Å². The van der Waals surface area contributed by atoms with Gasteiger partial charge in [0, 0.05) is 19.7 Å². The molecule has 0 bridgehead atoms. The number of hydrogen-bond acceptors (Lipinski definition) is 3. The van der Waals surface area contributed by atoms with Gasteiger partial charge in [-0.05, 0) is 52.2 Å². The van der Waals surface area contributed by atoms with Crippen LogP contribution in [0.15, 0.2) is 18.2 Å². The van der Waals surface area contributed by atoms with Crippen LogP contribution in [0.2, 0.25) is 0 Å². The third-order valence-electron chi connectivity index (χ3n) is 4.44. The summed E-state index contributed by atoms with van der Waals surface area (Å²) in [5.74, 6) is -0.0206. The van der Waals surface area contributed by atoms with E-state index in [1.807, 2.05) is 52.8 Å². The summed E-state index contributed by atoms with van der Waals surface area (Å²) < 4.78 is 12.2. The molecular formula is C16H24BNO3. The molecule has 0 aliphatic carbocycles. The highest BCUT2D eigenvalue weighted by Crippen LogP contribution is 2.36. The molecule has 0 atom stereocenters. The Bertz CT molecular complexity index is 551. The molecule has 1 aliphatic heterocycles. The van der Waals surface area contributed by atoms with E-state index in [1.165, 1.54) is 0 Å². The van der Waals surface area contributed by atoms with Crippen molar-refractivity contribution in [3.8, 4) is 0 Å². The van der Waals surface area contributed by atoms with E-state index in [0.29, 0.717) is 5.56 Å². The monoisotopic (exact) mass is 289 g/mol. The van der Waals surface area contributed by atoms with Crippen molar-refractivity contribution in [2.45, 2.75) is 45.8 Å². The quantitative estimate of drug-likeness (QED) is 0.782. The average molecular weight is 289 g/mol. The van der Waals surface area contributed by atoms with Crippen LogP contribution < -0.4 is 5.46 Å². The van der Waals surface area contributed by atoms with Crippen molar-refractivity contribution < 1.29 is 14.1 Å². The highest BCUT2D eigenvalue weighted by molar-refractivity contribution is 6.62. The Morgan fingerprint density at radius 3 is 2.10 bits per heavy atom. The summed E-state index contributed by atoms with van der Waals surface area (Å²) in [6, 6.07) is 5.66. The molecule has 1 aromatic rings. The van der Waals surface area contributed by atoms with Gasteiger partial charge in [-0.15, -0.1) is 0 Å². The van der Waals surface area contributed by atoms with Gasteiger partial charge in [0.05, 0.1) is 11.2 Å². The Balaban J connectivity index is 2.37. The Morgan fingerprint density at radius 2 is 1.62 bits per heavy atom. The minimum atomic E-state index is -0.440. The van der Waals surface area contributed by atoms with Crippen molar-refractivity contribution in [2.75, 3.05) is 14.1 Å². The molecule has 0 aromatic heterocycles. The first-order chi connectivity index (χ1) is 9.55. The van der Waals surface area contributed by atoms with Gasteiger partial charge in [0.2, 0.25) is 0 Å². The molecule has 0 N–H and O–H groups in total. The van der Waals surface area contributed by atoms with E-state index in [0.717, 1.165) is 11.0 Å². The lowest BCUT2D eigenvalue weighted by molar-refractivity contribution is 0.00578. The van der Waals surface area contributed by atoms with Crippen LogP contribution >= 0.6 is 0 Å². The standard InChI is InChI=1S/C16H24BNO3/c1-11-8-9-12(14(19)18(6)7)10-13(11)17-20-15(2,3)16(4,5)21-17/h8-10H,1-7H3. The predicted molar refractivity (Wildman–Crippen MR) is 84.9 cm³/mol. The zero-order valence-electron chi connectivity index (χ0n) is 14.0. The highest BCUT2D eigenvalue weighted by Gasteiger charge is 2.52. The lowest BCUT2D eigenvalue weighted by Gasteiger charge is -2.32. The van der Waals surface area contributed by atoms with Crippen LogP contribution in [0, 0.1) is 6.92 Å². The molecule has 0 spiro atoms. The van der Waals surface area contributed by atoms with Gasteiger partial charge < -0.3 is 14.2 Å². The van der Waals surface area contributed by atoms with E-state index in [9.17, 15) is 4.79 Å². The SMILES string of the molecule is Cc1ccc(C(=O)N(C)C)cc1B1OC(C)(C)C(C)(C)O1. The number of carbonyl (C=O) groups is 1. The summed E-state index contributed by atoms with van der Waals surface area (Å²) in [5.41, 5.74) is 1.86. The molecule has 1 saturated heterocycles. The van der Waals surface area contributed by atoms with Gasteiger partial charge >= 0.3 is 7.12 Å². The van der Waals surface area contributed by atoms with Crippen LogP contribution in [0.4, 0.5) is 0 Å². The average Bonchev–Trinajstić information content (AvgIpc) is 2.57. The molecule has 5 heteroatoms. The number of benzene rings is 1. The molecule has 2 rings (SSSR count). The minimum absolute atomic E-state index is 0.0206. The zero-order valence-corrected chi connectivity index (χ0v) is 14.0. The molecule has 1 fully saturated rings. The van der Waals surface area contributed by atoms with Gasteiger partial charge in [0.25, 0.3) is 5.91 Å². The number of amides is 1. The first kappa shape index (κ1) is 16.1. The topological polar surface area (TPSA) is 38.8 Å². The molecule has 0 saturated carbocycles. The fourth-order valence-corrected chi connectivity index (χ4v) is 2.26. The van der Waals surface area contributed by atoms with Crippen LogP contribution in [0.25, 0.3) is 0 Å². The van der Waals surface area contributed by atoms with Crippen molar-refractivity contribution in [2.24, 2.45) is 0 Å². The lowest BCUT2D eigenvalue weighted by Crippen LogP contribution is -2.41. The van der Waals surface area contributed by atoms with Gasteiger partial charge in [0.15, 0.2) is 0 Å². The van der Waals surface area contributed by atoms with Gasteiger partial charge in [-0.2, -0.15) is 0 Å². The van der Waals surface area contributed by atoms with E-state index in [-0.39, 0.29) is 17.1 Å². The molecule has 0 unspecified atom stereocenters. The largest absolute Gasteiger partial charge is 0.495 e.